The minimum absolute atomic E-state index is 0.125. The zero-order valence-electron chi connectivity index (χ0n) is 17.8. The molecule has 0 atom stereocenters. The summed E-state index contributed by atoms with van der Waals surface area (Å²) < 4.78 is 89.2. The van der Waals surface area contributed by atoms with Gasteiger partial charge in [-0.05, 0) is 36.4 Å². The van der Waals surface area contributed by atoms with Gasteiger partial charge in [0.1, 0.15) is 11.3 Å². The molecule has 7 nitrogen and oxygen atoms in total. The Morgan fingerprint density at radius 2 is 1.72 bits per heavy atom. The number of carbonyl (C=O) groups is 1. The maximum atomic E-state index is 13.6. The van der Waals surface area contributed by atoms with Crippen molar-refractivity contribution in [3.63, 3.8) is 0 Å². The van der Waals surface area contributed by atoms with Crippen molar-refractivity contribution >= 4 is 44.0 Å². The molecule has 0 unspecified atom stereocenters. The standard InChI is InChI=1S/C22H14F5IN4O3S/c23-21(24,25)14-4-7-19-31-18(12-32(19)11-14)20(33)30-9-15-5-6-17(10-29-15)36(34,35)16-3-1-2-13(8-16)22(26,27)28/h1-8,10-12H,9H2,(H,30,33). The fraction of sp³-hybridized carbons (Fsp3) is 0.136. The molecule has 0 aliphatic rings. The molecular formula is C22H14F5IN4O3S. The Morgan fingerprint density at radius 3 is 2.36 bits per heavy atom. The smallest absolute Gasteiger partial charge is 0.345 e. The molecule has 0 aliphatic heterocycles. The Hall–Kier alpha value is -3.14. The van der Waals surface area contributed by atoms with Gasteiger partial charge < -0.3 is 9.72 Å². The van der Waals surface area contributed by atoms with E-state index in [-0.39, 0.29) is 33.4 Å². The van der Waals surface area contributed by atoms with Gasteiger partial charge in [-0.3, -0.25) is 9.78 Å². The maximum absolute atomic E-state index is 13.6. The van der Waals surface area contributed by atoms with E-state index in [2.05, 4.69) is 15.3 Å². The number of nitrogens with one attached hydrogen (secondary N) is 1. The van der Waals surface area contributed by atoms with Gasteiger partial charge in [-0.15, -0.1) is 0 Å². The lowest BCUT2D eigenvalue weighted by Crippen LogP contribution is -2.23. The lowest BCUT2D eigenvalue weighted by molar-refractivity contribution is -0.137. The number of hydrogen-bond acceptors (Lipinski definition) is 5. The van der Waals surface area contributed by atoms with Gasteiger partial charge in [0.15, 0.2) is 0 Å². The first-order valence-corrected chi connectivity index (χ1v) is 12.5. The second-order valence-electron chi connectivity index (χ2n) is 7.50. The number of rotatable bonds is 6. The van der Waals surface area contributed by atoms with Gasteiger partial charge in [-0.2, -0.15) is 22.0 Å². The summed E-state index contributed by atoms with van der Waals surface area (Å²) in [5.41, 5.74) is -1.06. The summed E-state index contributed by atoms with van der Waals surface area (Å²) in [5, 5.41) is 2.50. The van der Waals surface area contributed by atoms with E-state index in [0.29, 0.717) is 0 Å². The highest BCUT2D eigenvalue weighted by atomic mass is 127. The first kappa shape index (κ1) is 25.9. The summed E-state index contributed by atoms with van der Waals surface area (Å²) in [5.74, 6) is -0.678. The van der Waals surface area contributed by atoms with Crippen LogP contribution in [-0.2, 0) is 26.5 Å². The molecule has 3 aromatic heterocycles. The Balaban J connectivity index is 1.46. The molecule has 0 saturated carbocycles. The minimum atomic E-state index is -4.55. The van der Waals surface area contributed by atoms with E-state index in [9.17, 15) is 35.2 Å². The molecule has 0 saturated heterocycles. The number of imidazole rings is 1. The topological polar surface area (TPSA) is 93.4 Å². The second-order valence-corrected chi connectivity index (χ2v) is 10.8. The van der Waals surface area contributed by atoms with E-state index >= 15 is 0 Å². The molecule has 0 bridgehead atoms. The van der Waals surface area contributed by atoms with Crippen molar-refractivity contribution in [2.45, 2.75) is 26.4 Å². The zero-order valence-corrected chi connectivity index (χ0v) is 20.8. The van der Waals surface area contributed by atoms with Crippen LogP contribution in [0, 0.1) is 0 Å². The largest absolute Gasteiger partial charge is 0.417 e. The third-order valence-corrected chi connectivity index (χ3v) is 7.38. The minimum Gasteiger partial charge on any atom is -0.345 e. The van der Waals surface area contributed by atoms with E-state index in [4.69, 9.17) is 0 Å². The predicted octanol–water partition coefficient (Wildman–Crippen LogP) is 5.00. The van der Waals surface area contributed by atoms with E-state index < -0.39 is 37.0 Å². The number of amides is 1. The van der Waals surface area contributed by atoms with Crippen LogP contribution in [-0.4, -0.2) is 28.7 Å². The van der Waals surface area contributed by atoms with Crippen molar-refractivity contribution in [3.05, 3.63) is 89.6 Å². The monoisotopic (exact) mass is 636 g/mol. The number of pyridine rings is 2. The Labute approximate surface area is 214 Å². The summed E-state index contributed by atoms with van der Waals surface area (Å²) in [6.07, 6.45) is -1.54. The van der Waals surface area contributed by atoms with Gasteiger partial charge in [0.25, 0.3) is 5.91 Å². The predicted molar refractivity (Wildman–Crippen MR) is 125 cm³/mol. The van der Waals surface area contributed by atoms with Crippen LogP contribution in [0.4, 0.5) is 22.0 Å². The van der Waals surface area contributed by atoms with Crippen LogP contribution in [0.15, 0.2) is 76.9 Å². The molecule has 0 fully saturated rings. The number of hydrogen-bond donors (Lipinski definition) is 1. The number of sulfone groups is 1. The number of fused-ring (bicyclic) bond motifs is 1. The third kappa shape index (κ3) is 5.48. The molecule has 3 heterocycles. The molecular weight excluding hydrogens is 622 g/mol. The van der Waals surface area contributed by atoms with Gasteiger partial charge in [0.2, 0.25) is 9.84 Å². The van der Waals surface area contributed by atoms with Crippen LogP contribution in [0.1, 0.15) is 27.3 Å². The summed E-state index contributed by atoms with van der Waals surface area (Å²) >= 11 is 0.907. The van der Waals surface area contributed by atoms with Crippen molar-refractivity contribution in [2.24, 2.45) is 0 Å². The van der Waals surface area contributed by atoms with E-state index in [1.807, 2.05) is 0 Å². The number of alkyl halides is 6. The summed E-state index contributed by atoms with van der Waals surface area (Å²) in [7, 11) is -4.12. The average molecular weight is 636 g/mol. The normalized spacial score (nSPS) is 12.6. The summed E-state index contributed by atoms with van der Waals surface area (Å²) in [6, 6.07) is 8.98. The second kappa shape index (κ2) is 9.38. The maximum Gasteiger partial charge on any atom is 0.417 e. The Morgan fingerprint density at radius 1 is 0.972 bits per heavy atom. The molecule has 1 N–H and O–H groups in total. The number of benzene rings is 1. The first-order valence-electron chi connectivity index (χ1n) is 9.96. The highest BCUT2D eigenvalue weighted by Crippen LogP contribution is 2.36. The fourth-order valence-corrected chi connectivity index (χ4v) is 4.77. The van der Waals surface area contributed by atoms with E-state index in [1.54, 1.807) is 0 Å². The van der Waals surface area contributed by atoms with Crippen molar-refractivity contribution < 1.29 is 35.2 Å². The Kier molecular flexibility index (Phi) is 6.76. The lowest BCUT2D eigenvalue weighted by atomic mass is 10.2. The van der Waals surface area contributed by atoms with Crippen molar-refractivity contribution in [2.75, 3.05) is 0 Å². The fourth-order valence-electron chi connectivity index (χ4n) is 3.18. The zero-order chi connectivity index (χ0) is 26.3. The quantitative estimate of drug-likeness (QED) is 0.183. The van der Waals surface area contributed by atoms with E-state index in [0.717, 1.165) is 69.8 Å². The number of halogens is 6. The lowest BCUT2D eigenvalue weighted by Gasteiger charge is -2.11. The van der Waals surface area contributed by atoms with Crippen molar-refractivity contribution in [1.82, 2.24) is 19.7 Å². The molecule has 0 spiro atoms. The molecule has 0 aliphatic carbocycles. The van der Waals surface area contributed by atoms with E-state index in [1.165, 1.54) is 24.3 Å². The number of nitrogens with zero attached hydrogens (tertiary/aromatic N) is 3. The SMILES string of the molecule is O=C(NCc1ccc(S(=O)(=O)c2cccc(C(F)(F)I)c2)cn1)c1cn2cc(C(F)(F)F)ccc2n1. The van der Waals surface area contributed by atoms with Crippen LogP contribution >= 0.6 is 22.6 Å². The summed E-state index contributed by atoms with van der Waals surface area (Å²) in [6.45, 7) is -0.128. The van der Waals surface area contributed by atoms with Crippen LogP contribution < -0.4 is 5.32 Å². The highest BCUT2D eigenvalue weighted by Gasteiger charge is 2.31. The van der Waals surface area contributed by atoms with Crippen LogP contribution in [0.3, 0.4) is 0 Å². The van der Waals surface area contributed by atoms with Crippen LogP contribution in [0.5, 0.6) is 0 Å². The highest BCUT2D eigenvalue weighted by molar-refractivity contribution is 14.1. The molecule has 1 aromatic carbocycles. The molecule has 0 radical (unpaired) electrons. The van der Waals surface area contributed by atoms with Gasteiger partial charge in [-0.1, -0.05) is 12.1 Å². The average Bonchev–Trinajstić information content (AvgIpc) is 3.25. The molecule has 1 amide bonds. The number of aromatic nitrogens is 3. The molecule has 14 heteroatoms. The summed E-state index contributed by atoms with van der Waals surface area (Å²) in [4.78, 5) is 19.8. The van der Waals surface area contributed by atoms with Gasteiger partial charge in [-0.25, -0.2) is 13.4 Å². The molecule has 188 valence electrons. The molecule has 36 heavy (non-hydrogen) atoms. The van der Waals surface area contributed by atoms with Crippen LogP contribution in [0.2, 0.25) is 0 Å². The van der Waals surface area contributed by atoms with Gasteiger partial charge in [0, 0.05) is 46.7 Å². The molecule has 4 aromatic rings. The molecule has 4 rings (SSSR count). The Bertz CT molecular complexity index is 1550. The van der Waals surface area contributed by atoms with Crippen molar-refractivity contribution in [3.8, 4) is 0 Å². The van der Waals surface area contributed by atoms with Gasteiger partial charge >= 0.3 is 10.1 Å². The number of carbonyl (C=O) groups excluding carboxylic acids is 1. The van der Waals surface area contributed by atoms with Crippen LogP contribution in [0.25, 0.3) is 5.65 Å². The van der Waals surface area contributed by atoms with Crippen molar-refractivity contribution in [1.29, 1.82) is 0 Å². The first-order chi connectivity index (χ1) is 16.7. The third-order valence-electron chi connectivity index (χ3n) is 5.02. The van der Waals surface area contributed by atoms with Gasteiger partial charge in [0.05, 0.1) is 27.6 Å².